The van der Waals surface area contributed by atoms with E-state index in [1.807, 2.05) is 24.3 Å². The minimum absolute atomic E-state index is 0.322. The molecule has 0 amide bonds. The van der Waals surface area contributed by atoms with E-state index in [4.69, 9.17) is 4.74 Å². The molecule has 94 valence electrons. The van der Waals surface area contributed by atoms with E-state index in [2.05, 4.69) is 22.6 Å². The molecule has 17 heavy (non-hydrogen) atoms. The Labute approximate surface area is 117 Å². The molecule has 3 heteroatoms. The SMILES string of the molecule is OC(COc1ccc(I)cc1)CC1CCCC1. The monoisotopic (exact) mass is 346 g/mol. The second-order valence-corrected chi connectivity index (χ2v) is 6.05. The van der Waals surface area contributed by atoms with Gasteiger partial charge in [0.15, 0.2) is 0 Å². The third-order valence-electron chi connectivity index (χ3n) is 3.34. The fraction of sp³-hybridized carbons (Fsp3) is 0.571. The maximum atomic E-state index is 9.90. The van der Waals surface area contributed by atoms with Crippen LogP contribution in [0.4, 0.5) is 0 Å². The molecule has 0 radical (unpaired) electrons. The second kappa shape index (κ2) is 6.59. The molecule has 0 saturated heterocycles. The molecule has 2 nitrogen and oxygen atoms in total. The Hall–Kier alpha value is -0.290. The van der Waals surface area contributed by atoms with Crippen LogP contribution in [0.2, 0.25) is 0 Å². The molecule has 1 N–H and O–H groups in total. The number of aliphatic hydroxyl groups excluding tert-OH is 1. The molecular weight excluding hydrogens is 327 g/mol. The average Bonchev–Trinajstić information content (AvgIpc) is 2.81. The second-order valence-electron chi connectivity index (χ2n) is 4.80. The minimum atomic E-state index is -0.322. The van der Waals surface area contributed by atoms with E-state index < -0.39 is 0 Å². The van der Waals surface area contributed by atoms with Crippen LogP contribution in [0.5, 0.6) is 5.75 Å². The highest BCUT2D eigenvalue weighted by molar-refractivity contribution is 14.1. The van der Waals surface area contributed by atoms with Crippen molar-refractivity contribution >= 4 is 22.6 Å². The topological polar surface area (TPSA) is 29.5 Å². The molecule has 1 saturated carbocycles. The molecule has 1 unspecified atom stereocenters. The number of benzene rings is 1. The van der Waals surface area contributed by atoms with Crippen molar-refractivity contribution in [3.63, 3.8) is 0 Å². The van der Waals surface area contributed by atoms with Crippen LogP contribution in [0.1, 0.15) is 32.1 Å². The van der Waals surface area contributed by atoms with Gasteiger partial charge >= 0.3 is 0 Å². The van der Waals surface area contributed by atoms with E-state index >= 15 is 0 Å². The van der Waals surface area contributed by atoms with Crippen LogP contribution in [0, 0.1) is 9.49 Å². The third kappa shape index (κ3) is 4.47. The van der Waals surface area contributed by atoms with Crippen molar-refractivity contribution < 1.29 is 9.84 Å². The fourth-order valence-corrected chi connectivity index (χ4v) is 2.78. The minimum Gasteiger partial charge on any atom is -0.491 e. The van der Waals surface area contributed by atoms with E-state index in [-0.39, 0.29) is 6.10 Å². The molecule has 1 aromatic carbocycles. The van der Waals surface area contributed by atoms with Gasteiger partial charge in [-0.1, -0.05) is 25.7 Å². The lowest BCUT2D eigenvalue weighted by molar-refractivity contribution is 0.0855. The molecule has 1 atom stereocenters. The van der Waals surface area contributed by atoms with Crippen LogP contribution in [-0.2, 0) is 0 Å². The maximum Gasteiger partial charge on any atom is 0.119 e. The Morgan fingerprint density at radius 2 is 1.88 bits per heavy atom. The van der Waals surface area contributed by atoms with Crippen LogP contribution in [0.3, 0.4) is 0 Å². The van der Waals surface area contributed by atoms with Gasteiger partial charge in [0.2, 0.25) is 0 Å². The van der Waals surface area contributed by atoms with Gasteiger partial charge in [0.25, 0.3) is 0 Å². The smallest absolute Gasteiger partial charge is 0.119 e. The Morgan fingerprint density at radius 3 is 2.53 bits per heavy atom. The molecule has 0 bridgehead atoms. The molecule has 1 aromatic rings. The molecule has 0 spiro atoms. The zero-order chi connectivity index (χ0) is 12.1. The van der Waals surface area contributed by atoms with E-state index in [0.717, 1.165) is 12.2 Å². The van der Waals surface area contributed by atoms with Gasteiger partial charge in [0, 0.05) is 3.57 Å². The Morgan fingerprint density at radius 1 is 1.24 bits per heavy atom. The van der Waals surface area contributed by atoms with Gasteiger partial charge in [-0.05, 0) is 59.2 Å². The summed E-state index contributed by atoms with van der Waals surface area (Å²) in [7, 11) is 0. The fourth-order valence-electron chi connectivity index (χ4n) is 2.42. The first kappa shape index (κ1) is 13.1. The molecule has 0 heterocycles. The summed E-state index contributed by atoms with van der Waals surface area (Å²) in [4.78, 5) is 0. The summed E-state index contributed by atoms with van der Waals surface area (Å²) < 4.78 is 6.78. The summed E-state index contributed by atoms with van der Waals surface area (Å²) in [5.74, 6) is 1.56. The van der Waals surface area contributed by atoms with Gasteiger partial charge in [-0.25, -0.2) is 0 Å². The zero-order valence-corrected chi connectivity index (χ0v) is 12.1. The normalized spacial score (nSPS) is 18.2. The standard InChI is InChI=1S/C14H19IO2/c15-12-5-7-14(8-6-12)17-10-13(16)9-11-3-1-2-4-11/h5-8,11,13,16H,1-4,9-10H2. The van der Waals surface area contributed by atoms with Crippen molar-refractivity contribution in [3.05, 3.63) is 27.8 Å². The zero-order valence-electron chi connectivity index (χ0n) is 9.94. The van der Waals surface area contributed by atoms with Gasteiger partial charge in [-0.15, -0.1) is 0 Å². The van der Waals surface area contributed by atoms with Gasteiger partial charge in [-0.2, -0.15) is 0 Å². The number of rotatable bonds is 5. The highest BCUT2D eigenvalue weighted by Gasteiger charge is 2.19. The molecule has 1 aliphatic rings. The lowest BCUT2D eigenvalue weighted by atomic mass is 10.0. The van der Waals surface area contributed by atoms with Crippen molar-refractivity contribution in [1.82, 2.24) is 0 Å². The molecule has 1 fully saturated rings. The van der Waals surface area contributed by atoms with Crippen LogP contribution < -0.4 is 4.74 Å². The van der Waals surface area contributed by atoms with Crippen LogP contribution in [-0.4, -0.2) is 17.8 Å². The van der Waals surface area contributed by atoms with Crippen molar-refractivity contribution in [3.8, 4) is 5.75 Å². The predicted octanol–water partition coefficient (Wildman–Crippen LogP) is 3.61. The van der Waals surface area contributed by atoms with Crippen LogP contribution >= 0.6 is 22.6 Å². The molecule has 1 aliphatic carbocycles. The van der Waals surface area contributed by atoms with Crippen molar-refractivity contribution in [2.75, 3.05) is 6.61 Å². The molecular formula is C14H19IO2. The van der Waals surface area contributed by atoms with Crippen LogP contribution in [0.25, 0.3) is 0 Å². The largest absolute Gasteiger partial charge is 0.491 e. The Balaban J connectivity index is 1.71. The summed E-state index contributed by atoms with van der Waals surface area (Å²) in [5, 5.41) is 9.90. The van der Waals surface area contributed by atoms with Gasteiger partial charge < -0.3 is 9.84 Å². The number of aliphatic hydroxyl groups is 1. The lowest BCUT2D eigenvalue weighted by Crippen LogP contribution is -2.20. The first-order chi connectivity index (χ1) is 8.24. The maximum absolute atomic E-state index is 9.90. The van der Waals surface area contributed by atoms with Crippen molar-refractivity contribution in [2.45, 2.75) is 38.2 Å². The Kier molecular flexibility index (Phi) is 5.10. The van der Waals surface area contributed by atoms with Gasteiger partial charge in [0.05, 0.1) is 6.10 Å². The number of hydrogen-bond donors (Lipinski definition) is 1. The lowest BCUT2D eigenvalue weighted by Gasteiger charge is -2.16. The Bertz CT molecular complexity index is 331. The van der Waals surface area contributed by atoms with Gasteiger partial charge in [-0.3, -0.25) is 0 Å². The van der Waals surface area contributed by atoms with E-state index in [1.54, 1.807) is 0 Å². The number of hydrogen-bond acceptors (Lipinski definition) is 2. The molecule has 0 aliphatic heterocycles. The summed E-state index contributed by atoms with van der Waals surface area (Å²) >= 11 is 2.27. The van der Waals surface area contributed by atoms with Crippen LogP contribution in [0.15, 0.2) is 24.3 Å². The summed E-state index contributed by atoms with van der Waals surface area (Å²) in [6, 6.07) is 7.92. The first-order valence-corrected chi connectivity index (χ1v) is 7.38. The van der Waals surface area contributed by atoms with E-state index in [1.165, 1.54) is 29.3 Å². The van der Waals surface area contributed by atoms with E-state index in [9.17, 15) is 5.11 Å². The molecule has 2 rings (SSSR count). The summed E-state index contributed by atoms with van der Waals surface area (Å²) in [5.41, 5.74) is 0. The summed E-state index contributed by atoms with van der Waals surface area (Å²) in [6.45, 7) is 0.414. The summed E-state index contributed by atoms with van der Waals surface area (Å²) in [6.07, 6.45) is 5.79. The number of ether oxygens (including phenoxy) is 1. The highest BCUT2D eigenvalue weighted by Crippen LogP contribution is 2.28. The molecule has 0 aromatic heterocycles. The van der Waals surface area contributed by atoms with Crippen molar-refractivity contribution in [2.24, 2.45) is 5.92 Å². The average molecular weight is 346 g/mol. The third-order valence-corrected chi connectivity index (χ3v) is 4.06. The van der Waals surface area contributed by atoms with Crippen molar-refractivity contribution in [1.29, 1.82) is 0 Å². The highest BCUT2D eigenvalue weighted by atomic mass is 127. The van der Waals surface area contributed by atoms with E-state index in [0.29, 0.717) is 12.5 Å². The quantitative estimate of drug-likeness (QED) is 0.826. The first-order valence-electron chi connectivity index (χ1n) is 6.30. The number of halogens is 1. The van der Waals surface area contributed by atoms with Gasteiger partial charge in [0.1, 0.15) is 12.4 Å². The predicted molar refractivity (Wildman–Crippen MR) is 77.2 cm³/mol.